The first-order valence-electron chi connectivity index (χ1n) is 7.57. The summed E-state index contributed by atoms with van der Waals surface area (Å²) in [6.07, 6.45) is 0. The SMILES string of the molecule is Cc1cc(C)c2[nH]c(=O)c(CNc3ccc(C)c(Cl)c3)cc2c1. The summed E-state index contributed by atoms with van der Waals surface area (Å²) in [6, 6.07) is 11.9. The van der Waals surface area contributed by atoms with Crippen LogP contribution in [0.15, 0.2) is 41.2 Å². The molecule has 2 aromatic carbocycles. The molecule has 0 aliphatic carbocycles. The van der Waals surface area contributed by atoms with E-state index in [9.17, 15) is 4.79 Å². The van der Waals surface area contributed by atoms with Crippen molar-refractivity contribution in [1.29, 1.82) is 0 Å². The van der Waals surface area contributed by atoms with Gasteiger partial charge in [0.05, 0.1) is 5.52 Å². The van der Waals surface area contributed by atoms with E-state index < -0.39 is 0 Å². The van der Waals surface area contributed by atoms with Crippen molar-refractivity contribution in [2.24, 2.45) is 0 Å². The molecule has 0 fully saturated rings. The van der Waals surface area contributed by atoms with Gasteiger partial charge in [0.2, 0.25) is 0 Å². The van der Waals surface area contributed by atoms with Gasteiger partial charge in [0.15, 0.2) is 0 Å². The van der Waals surface area contributed by atoms with E-state index >= 15 is 0 Å². The van der Waals surface area contributed by atoms with E-state index in [1.165, 1.54) is 5.56 Å². The molecule has 0 radical (unpaired) electrons. The highest BCUT2D eigenvalue weighted by Gasteiger charge is 2.06. The van der Waals surface area contributed by atoms with Gasteiger partial charge in [-0.3, -0.25) is 4.79 Å². The number of rotatable bonds is 3. The van der Waals surface area contributed by atoms with E-state index in [-0.39, 0.29) is 5.56 Å². The molecule has 0 saturated heterocycles. The molecule has 0 saturated carbocycles. The Morgan fingerprint density at radius 3 is 2.57 bits per heavy atom. The van der Waals surface area contributed by atoms with Gasteiger partial charge < -0.3 is 10.3 Å². The zero-order valence-corrected chi connectivity index (χ0v) is 14.2. The molecule has 2 N–H and O–H groups in total. The Morgan fingerprint density at radius 2 is 1.83 bits per heavy atom. The monoisotopic (exact) mass is 326 g/mol. The third kappa shape index (κ3) is 3.25. The summed E-state index contributed by atoms with van der Waals surface area (Å²) in [7, 11) is 0. The lowest BCUT2D eigenvalue weighted by molar-refractivity contribution is 1.09. The number of pyridine rings is 1. The third-order valence-electron chi connectivity index (χ3n) is 4.03. The smallest absolute Gasteiger partial charge is 0.253 e. The van der Waals surface area contributed by atoms with Crippen molar-refractivity contribution in [3.8, 4) is 0 Å². The fraction of sp³-hybridized carbons (Fsp3) is 0.211. The van der Waals surface area contributed by atoms with Gasteiger partial charge in [-0.05, 0) is 61.5 Å². The van der Waals surface area contributed by atoms with Crippen LogP contribution in [0.1, 0.15) is 22.3 Å². The zero-order valence-electron chi connectivity index (χ0n) is 13.5. The maximum absolute atomic E-state index is 12.3. The molecule has 0 unspecified atom stereocenters. The number of H-pyrrole nitrogens is 1. The third-order valence-corrected chi connectivity index (χ3v) is 4.43. The number of hydrogen-bond acceptors (Lipinski definition) is 2. The number of aromatic nitrogens is 1. The van der Waals surface area contributed by atoms with E-state index in [4.69, 9.17) is 11.6 Å². The molecule has 0 aliphatic heterocycles. The Morgan fingerprint density at radius 1 is 1.04 bits per heavy atom. The summed E-state index contributed by atoms with van der Waals surface area (Å²) in [5, 5.41) is 5.03. The summed E-state index contributed by atoms with van der Waals surface area (Å²) in [5.74, 6) is 0. The summed E-state index contributed by atoms with van der Waals surface area (Å²) < 4.78 is 0. The average molecular weight is 327 g/mol. The lowest BCUT2D eigenvalue weighted by Crippen LogP contribution is -2.16. The van der Waals surface area contributed by atoms with Gasteiger partial charge in [-0.25, -0.2) is 0 Å². The number of nitrogens with one attached hydrogen (secondary N) is 2. The molecule has 4 heteroatoms. The quantitative estimate of drug-likeness (QED) is 0.731. The van der Waals surface area contributed by atoms with Crippen LogP contribution in [0, 0.1) is 20.8 Å². The van der Waals surface area contributed by atoms with Crippen LogP contribution in [0.4, 0.5) is 5.69 Å². The first-order chi connectivity index (χ1) is 10.9. The second-order valence-electron chi connectivity index (χ2n) is 5.99. The lowest BCUT2D eigenvalue weighted by atomic mass is 10.1. The van der Waals surface area contributed by atoms with Gasteiger partial charge in [-0.15, -0.1) is 0 Å². The topological polar surface area (TPSA) is 44.9 Å². The Kier molecular flexibility index (Phi) is 4.14. The minimum atomic E-state index is -0.0600. The molecule has 1 heterocycles. The van der Waals surface area contributed by atoms with Gasteiger partial charge in [-0.2, -0.15) is 0 Å². The molecule has 3 rings (SSSR count). The fourth-order valence-electron chi connectivity index (χ4n) is 2.76. The average Bonchev–Trinajstić information content (AvgIpc) is 2.49. The van der Waals surface area contributed by atoms with Crippen LogP contribution in [0.2, 0.25) is 5.02 Å². The van der Waals surface area contributed by atoms with Gasteiger partial charge in [-0.1, -0.05) is 29.3 Å². The van der Waals surface area contributed by atoms with Crippen molar-refractivity contribution < 1.29 is 0 Å². The van der Waals surface area contributed by atoms with Crippen LogP contribution in [0.25, 0.3) is 10.9 Å². The molecule has 3 aromatic rings. The van der Waals surface area contributed by atoms with Crippen molar-refractivity contribution in [1.82, 2.24) is 4.98 Å². The van der Waals surface area contributed by atoms with Crippen LogP contribution in [0.3, 0.4) is 0 Å². The van der Waals surface area contributed by atoms with Crippen molar-refractivity contribution in [3.05, 3.63) is 74.0 Å². The van der Waals surface area contributed by atoms with Crippen LogP contribution in [0.5, 0.6) is 0 Å². The summed E-state index contributed by atoms with van der Waals surface area (Å²) >= 11 is 6.13. The minimum Gasteiger partial charge on any atom is -0.381 e. The number of halogens is 1. The second kappa shape index (κ2) is 6.09. The van der Waals surface area contributed by atoms with Crippen molar-refractivity contribution >= 4 is 28.2 Å². The fourth-order valence-corrected chi connectivity index (χ4v) is 2.94. The molecular weight excluding hydrogens is 308 g/mol. The van der Waals surface area contributed by atoms with Crippen molar-refractivity contribution in [2.45, 2.75) is 27.3 Å². The molecule has 1 aromatic heterocycles. The maximum atomic E-state index is 12.3. The van der Waals surface area contributed by atoms with E-state index in [1.54, 1.807) is 0 Å². The molecule has 3 nitrogen and oxygen atoms in total. The number of aromatic amines is 1. The summed E-state index contributed by atoms with van der Waals surface area (Å²) in [6.45, 7) is 6.49. The van der Waals surface area contributed by atoms with E-state index in [0.29, 0.717) is 17.1 Å². The minimum absolute atomic E-state index is 0.0600. The number of aryl methyl sites for hydroxylation is 3. The van der Waals surface area contributed by atoms with Crippen LogP contribution in [-0.2, 0) is 6.54 Å². The molecule has 0 spiro atoms. The molecule has 0 atom stereocenters. The lowest BCUT2D eigenvalue weighted by Gasteiger charge is -2.10. The Balaban J connectivity index is 1.92. The maximum Gasteiger partial charge on any atom is 0.253 e. The normalized spacial score (nSPS) is 11.0. The van der Waals surface area contributed by atoms with Crippen LogP contribution < -0.4 is 10.9 Å². The van der Waals surface area contributed by atoms with E-state index in [0.717, 1.165) is 27.7 Å². The van der Waals surface area contributed by atoms with Crippen molar-refractivity contribution in [2.75, 3.05) is 5.32 Å². The first kappa shape index (κ1) is 15.6. The first-order valence-corrected chi connectivity index (χ1v) is 7.95. The molecule has 0 bridgehead atoms. The highest BCUT2D eigenvalue weighted by molar-refractivity contribution is 6.31. The molecule has 0 aliphatic rings. The Labute approximate surface area is 140 Å². The standard InChI is InChI=1S/C19H19ClN2O/c1-11-6-13(3)18-14(7-11)8-15(19(23)22-18)10-21-16-5-4-12(2)17(20)9-16/h4-9,21H,10H2,1-3H3,(H,22,23). The molecule has 118 valence electrons. The number of benzene rings is 2. The number of hydrogen-bond donors (Lipinski definition) is 2. The zero-order chi connectivity index (χ0) is 16.6. The second-order valence-corrected chi connectivity index (χ2v) is 6.39. The van der Waals surface area contributed by atoms with Crippen LogP contribution >= 0.6 is 11.6 Å². The number of fused-ring (bicyclic) bond motifs is 1. The van der Waals surface area contributed by atoms with Gasteiger partial charge in [0.25, 0.3) is 5.56 Å². The van der Waals surface area contributed by atoms with E-state index in [1.807, 2.05) is 38.1 Å². The van der Waals surface area contributed by atoms with Gasteiger partial charge in [0, 0.05) is 22.8 Å². The summed E-state index contributed by atoms with van der Waals surface area (Å²) in [4.78, 5) is 15.3. The van der Waals surface area contributed by atoms with Crippen molar-refractivity contribution in [3.63, 3.8) is 0 Å². The largest absolute Gasteiger partial charge is 0.381 e. The highest BCUT2D eigenvalue weighted by atomic mass is 35.5. The summed E-state index contributed by atoms with van der Waals surface area (Å²) in [5.41, 5.74) is 5.76. The highest BCUT2D eigenvalue weighted by Crippen LogP contribution is 2.21. The van der Waals surface area contributed by atoms with E-state index in [2.05, 4.69) is 29.4 Å². The van der Waals surface area contributed by atoms with Gasteiger partial charge >= 0.3 is 0 Å². The Hall–Kier alpha value is -2.26. The molecular formula is C19H19ClN2O. The predicted molar refractivity (Wildman–Crippen MR) is 97.6 cm³/mol. The predicted octanol–water partition coefficient (Wildman–Crippen LogP) is 4.72. The Bertz CT molecular complexity index is 944. The molecule has 0 amide bonds. The van der Waals surface area contributed by atoms with Crippen LogP contribution in [-0.4, -0.2) is 4.98 Å². The van der Waals surface area contributed by atoms with Gasteiger partial charge in [0.1, 0.15) is 0 Å². The molecule has 23 heavy (non-hydrogen) atoms. The number of anilines is 1.